The van der Waals surface area contributed by atoms with Crippen LogP contribution >= 0.6 is 0 Å². The fourth-order valence-corrected chi connectivity index (χ4v) is 2.79. The van der Waals surface area contributed by atoms with Gasteiger partial charge < -0.3 is 5.11 Å². The summed E-state index contributed by atoms with van der Waals surface area (Å²) < 4.78 is 13.0. The highest BCUT2D eigenvalue weighted by molar-refractivity contribution is 5.86. The van der Waals surface area contributed by atoms with Crippen LogP contribution in [0, 0.1) is 5.82 Å². The molecule has 2 heteroatoms. The van der Waals surface area contributed by atoms with E-state index in [0.29, 0.717) is 6.42 Å². The Morgan fingerprint density at radius 3 is 2.33 bits per heavy atom. The summed E-state index contributed by atoms with van der Waals surface area (Å²) in [6.45, 7) is 1.80. The van der Waals surface area contributed by atoms with Gasteiger partial charge in [-0.25, -0.2) is 4.39 Å². The highest BCUT2D eigenvalue weighted by Crippen LogP contribution is 2.31. The van der Waals surface area contributed by atoms with Crippen LogP contribution in [0.2, 0.25) is 0 Å². The van der Waals surface area contributed by atoms with E-state index in [9.17, 15) is 9.50 Å². The summed E-state index contributed by atoms with van der Waals surface area (Å²) in [5.41, 5.74) is 0.804. The Bertz CT molecular complexity index is 755. The lowest BCUT2D eigenvalue weighted by Crippen LogP contribution is -2.24. The molecule has 0 saturated carbocycles. The fraction of sp³-hybridized carbons (Fsp3) is 0.158. The third-order valence-corrected chi connectivity index (χ3v) is 3.83. The van der Waals surface area contributed by atoms with Crippen LogP contribution < -0.4 is 0 Å². The maximum absolute atomic E-state index is 13.0. The van der Waals surface area contributed by atoms with Crippen LogP contribution in [-0.2, 0) is 12.0 Å². The van der Waals surface area contributed by atoms with Crippen molar-refractivity contribution >= 4 is 10.8 Å². The average Bonchev–Trinajstić information content (AvgIpc) is 2.49. The maximum atomic E-state index is 13.0. The van der Waals surface area contributed by atoms with Gasteiger partial charge in [-0.15, -0.1) is 0 Å². The lowest BCUT2D eigenvalue weighted by molar-refractivity contribution is 0.0591. The number of aliphatic hydroxyl groups is 1. The second kappa shape index (κ2) is 5.30. The molecule has 1 unspecified atom stereocenters. The Labute approximate surface area is 123 Å². The third kappa shape index (κ3) is 2.81. The van der Waals surface area contributed by atoms with Gasteiger partial charge in [0.25, 0.3) is 0 Å². The van der Waals surface area contributed by atoms with Crippen LogP contribution in [0.5, 0.6) is 0 Å². The van der Waals surface area contributed by atoms with Crippen molar-refractivity contribution in [2.24, 2.45) is 0 Å². The van der Waals surface area contributed by atoms with Gasteiger partial charge in [0.15, 0.2) is 0 Å². The normalized spacial score (nSPS) is 14.0. The van der Waals surface area contributed by atoms with Crippen molar-refractivity contribution in [2.75, 3.05) is 0 Å². The number of fused-ring (bicyclic) bond motifs is 1. The average molecular weight is 280 g/mol. The molecule has 0 heterocycles. The standard InChI is InChI=1S/C19H17FO/c1-19(21,13-14-9-11-16(20)12-10-14)18-8-4-6-15-5-2-3-7-17(15)18/h2-12,21H,13H2,1H3. The summed E-state index contributed by atoms with van der Waals surface area (Å²) in [4.78, 5) is 0. The Morgan fingerprint density at radius 1 is 0.905 bits per heavy atom. The molecule has 1 atom stereocenters. The van der Waals surface area contributed by atoms with E-state index in [4.69, 9.17) is 0 Å². The first-order valence-electron chi connectivity index (χ1n) is 7.01. The molecule has 0 saturated heterocycles. The molecule has 0 amide bonds. The molecule has 0 radical (unpaired) electrons. The minimum atomic E-state index is -1.00. The zero-order chi connectivity index (χ0) is 14.9. The Kier molecular flexibility index (Phi) is 3.48. The SMILES string of the molecule is CC(O)(Cc1ccc(F)cc1)c1cccc2ccccc12. The molecule has 0 bridgehead atoms. The maximum Gasteiger partial charge on any atom is 0.123 e. The zero-order valence-corrected chi connectivity index (χ0v) is 11.9. The molecule has 106 valence electrons. The van der Waals surface area contributed by atoms with E-state index < -0.39 is 5.60 Å². The molecule has 21 heavy (non-hydrogen) atoms. The topological polar surface area (TPSA) is 20.2 Å². The second-order valence-electron chi connectivity index (χ2n) is 5.60. The number of rotatable bonds is 3. The van der Waals surface area contributed by atoms with E-state index in [0.717, 1.165) is 21.9 Å². The molecule has 3 aromatic rings. The summed E-state index contributed by atoms with van der Waals surface area (Å²) in [7, 11) is 0. The Hall–Kier alpha value is -2.19. The monoisotopic (exact) mass is 280 g/mol. The highest BCUT2D eigenvalue weighted by Gasteiger charge is 2.25. The van der Waals surface area contributed by atoms with Gasteiger partial charge in [-0.3, -0.25) is 0 Å². The smallest absolute Gasteiger partial charge is 0.123 e. The molecule has 3 aromatic carbocycles. The summed E-state index contributed by atoms with van der Waals surface area (Å²) >= 11 is 0. The molecule has 1 N–H and O–H groups in total. The van der Waals surface area contributed by atoms with Crippen LogP contribution in [0.25, 0.3) is 10.8 Å². The summed E-state index contributed by atoms with van der Waals surface area (Å²) in [6, 6.07) is 20.2. The highest BCUT2D eigenvalue weighted by atomic mass is 19.1. The predicted molar refractivity (Wildman–Crippen MR) is 83.6 cm³/mol. The van der Waals surface area contributed by atoms with Gasteiger partial charge in [0, 0.05) is 6.42 Å². The molecule has 0 aliphatic rings. The first-order valence-corrected chi connectivity index (χ1v) is 7.01. The molecule has 0 aliphatic carbocycles. The van der Waals surface area contributed by atoms with Crippen molar-refractivity contribution in [1.29, 1.82) is 0 Å². The van der Waals surface area contributed by atoms with Crippen molar-refractivity contribution < 1.29 is 9.50 Å². The van der Waals surface area contributed by atoms with E-state index >= 15 is 0 Å². The first-order chi connectivity index (χ1) is 10.1. The van der Waals surface area contributed by atoms with E-state index in [1.807, 2.05) is 42.5 Å². The van der Waals surface area contributed by atoms with Gasteiger partial charge in [-0.2, -0.15) is 0 Å². The zero-order valence-electron chi connectivity index (χ0n) is 11.9. The Morgan fingerprint density at radius 2 is 1.57 bits per heavy atom. The molecular weight excluding hydrogens is 263 g/mol. The van der Waals surface area contributed by atoms with Gasteiger partial charge in [0.05, 0.1) is 5.60 Å². The second-order valence-corrected chi connectivity index (χ2v) is 5.60. The molecule has 1 nitrogen and oxygen atoms in total. The Balaban J connectivity index is 2.01. The number of halogens is 1. The number of benzene rings is 3. The molecule has 3 rings (SSSR count). The summed E-state index contributed by atoms with van der Waals surface area (Å²) in [6.07, 6.45) is 0.446. The number of hydrogen-bond acceptors (Lipinski definition) is 1. The largest absolute Gasteiger partial charge is 0.385 e. The van der Waals surface area contributed by atoms with Crippen LogP contribution in [0.4, 0.5) is 4.39 Å². The van der Waals surface area contributed by atoms with Crippen molar-refractivity contribution in [3.8, 4) is 0 Å². The van der Waals surface area contributed by atoms with E-state index in [-0.39, 0.29) is 5.82 Å². The number of hydrogen-bond donors (Lipinski definition) is 1. The van der Waals surface area contributed by atoms with Crippen molar-refractivity contribution in [2.45, 2.75) is 18.9 Å². The van der Waals surface area contributed by atoms with Gasteiger partial charge in [0.1, 0.15) is 5.82 Å². The summed E-state index contributed by atoms with van der Waals surface area (Å²) in [5.74, 6) is -0.261. The molecular formula is C19H17FO. The molecule has 0 fully saturated rings. The van der Waals surface area contributed by atoms with E-state index in [1.54, 1.807) is 19.1 Å². The molecule has 0 aromatic heterocycles. The molecule has 0 spiro atoms. The minimum Gasteiger partial charge on any atom is -0.385 e. The van der Waals surface area contributed by atoms with Gasteiger partial charge in [0.2, 0.25) is 0 Å². The predicted octanol–water partition coefficient (Wildman–Crippen LogP) is 4.43. The van der Waals surface area contributed by atoms with Crippen molar-refractivity contribution in [3.05, 3.63) is 83.7 Å². The fourth-order valence-electron chi connectivity index (χ4n) is 2.79. The van der Waals surface area contributed by atoms with Crippen molar-refractivity contribution in [3.63, 3.8) is 0 Å². The lowest BCUT2D eigenvalue weighted by Gasteiger charge is -2.25. The lowest BCUT2D eigenvalue weighted by atomic mass is 9.86. The summed E-state index contributed by atoms with van der Waals surface area (Å²) in [5, 5.41) is 13.1. The van der Waals surface area contributed by atoms with E-state index in [2.05, 4.69) is 0 Å². The van der Waals surface area contributed by atoms with Gasteiger partial charge in [-0.05, 0) is 41.0 Å². The quantitative estimate of drug-likeness (QED) is 0.752. The third-order valence-electron chi connectivity index (χ3n) is 3.83. The van der Waals surface area contributed by atoms with Gasteiger partial charge >= 0.3 is 0 Å². The van der Waals surface area contributed by atoms with Crippen LogP contribution in [0.3, 0.4) is 0 Å². The molecule has 0 aliphatic heterocycles. The first kappa shape index (κ1) is 13.8. The van der Waals surface area contributed by atoms with E-state index in [1.165, 1.54) is 12.1 Å². The van der Waals surface area contributed by atoms with Crippen LogP contribution in [-0.4, -0.2) is 5.11 Å². The van der Waals surface area contributed by atoms with Crippen molar-refractivity contribution in [1.82, 2.24) is 0 Å². The van der Waals surface area contributed by atoms with Crippen LogP contribution in [0.15, 0.2) is 66.7 Å². The van der Waals surface area contributed by atoms with Gasteiger partial charge in [-0.1, -0.05) is 54.6 Å². The van der Waals surface area contributed by atoms with Crippen LogP contribution in [0.1, 0.15) is 18.1 Å². The minimum absolute atomic E-state index is 0.261.